The van der Waals surface area contributed by atoms with E-state index in [0.29, 0.717) is 15.8 Å². The third-order valence-electron chi connectivity index (χ3n) is 4.77. The van der Waals surface area contributed by atoms with Gasteiger partial charge in [-0.05, 0) is 88.8 Å². The average molecular weight is 621 g/mol. The molecule has 0 unspecified atom stereocenters. The molecule has 1 N–H and O–H groups in total. The van der Waals surface area contributed by atoms with Crippen molar-refractivity contribution in [3.8, 4) is 5.75 Å². The van der Waals surface area contributed by atoms with Crippen molar-refractivity contribution in [2.24, 2.45) is 0 Å². The molecule has 33 heavy (non-hydrogen) atoms. The summed E-state index contributed by atoms with van der Waals surface area (Å²) in [5, 5.41) is 2.15. The Labute approximate surface area is 210 Å². The monoisotopic (exact) mass is 620 g/mol. The number of anilines is 1. The molecule has 1 fully saturated rings. The maximum Gasteiger partial charge on any atom is 0.335 e. The molecule has 3 aromatic rings. The van der Waals surface area contributed by atoms with Crippen LogP contribution in [0.3, 0.4) is 0 Å². The standard InChI is InChI=1S/C24H15BrFIN2O4/c25-16-3-10-21(33-13-14-1-6-18(27)7-2-14)15(11-16)12-20-22(30)28-24(32)29(23(20)31)19-8-4-17(26)5-9-19/h1-12H,13H2,(H,28,30,32)/b20-12+. The molecular weight excluding hydrogens is 606 g/mol. The summed E-state index contributed by atoms with van der Waals surface area (Å²) >= 11 is 5.61. The highest BCUT2D eigenvalue weighted by molar-refractivity contribution is 14.1. The molecule has 0 aromatic heterocycles. The fourth-order valence-corrected chi connectivity index (χ4v) is 3.88. The van der Waals surface area contributed by atoms with Crippen LogP contribution >= 0.6 is 38.5 Å². The minimum Gasteiger partial charge on any atom is -0.488 e. The first kappa shape index (κ1) is 23.1. The Morgan fingerprint density at radius 3 is 2.39 bits per heavy atom. The topological polar surface area (TPSA) is 75.7 Å². The van der Waals surface area contributed by atoms with Gasteiger partial charge < -0.3 is 4.74 Å². The van der Waals surface area contributed by atoms with Gasteiger partial charge in [-0.2, -0.15) is 0 Å². The van der Waals surface area contributed by atoms with Gasteiger partial charge in [0.05, 0.1) is 5.69 Å². The van der Waals surface area contributed by atoms with Gasteiger partial charge in [0.25, 0.3) is 11.8 Å². The number of barbiturate groups is 1. The minimum absolute atomic E-state index is 0.140. The number of imide groups is 2. The molecule has 0 radical (unpaired) electrons. The summed E-state index contributed by atoms with van der Waals surface area (Å²) in [6.07, 6.45) is 1.37. The van der Waals surface area contributed by atoms with Crippen LogP contribution in [0.1, 0.15) is 11.1 Å². The van der Waals surface area contributed by atoms with Crippen molar-refractivity contribution in [2.45, 2.75) is 6.61 Å². The molecule has 3 aromatic carbocycles. The van der Waals surface area contributed by atoms with Crippen LogP contribution in [-0.4, -0.2) is 17.8 Å². The van der Waals surface area contributed by atoms with E-state index in [-0.39, 0.29) is 17.9 Å². The van der Waals surface area contributed by atoms with Crippen LogP contribution in [0.15, 0.2) is 76.8 Å². The summed E-state index contributed by atoms with van der Waals surface area (Å²) in [7, 11) is 0. The second-order valence-corrected chi connectivity index (χ2v) is 9.19. The van der Waals surface area contributed by atoms with Gasteiger partial charge in [0.2, 0.25) is 0 Å². The molecule has 1 aliphatic rings. The highest BCUT2D eigenvalue weighted by Crippen LogP contribution is 2.29. The van der Waals surface area contributed by atoms with Crippen LogP contribution in [0.2, 0.25) is 0 Å². The van der Waals surface area contributed by atoms with Crippen LogP contribution in [-0.2, 0) is 16.2 Å². The van der Waals surface area contributed by atoms with Gasteiger partial charge in [0.15, 0.2) is 0 Å². The first-order valence-electron chi connectivity index (χ1n) is 9.65. The molecule has 0 aliphatic carbocycles. The number of benzene rings is 3. The lowest BCUT2D eigenvalue weighted by molar-refractivity contribution is -0.122. The normalized spacial score (nSPS) is 15.1. The molecule has 166 valence electrons. The molecule has 4 rings (SSSR count). The van der Waals surface area contributed by atoms with Crippen molar-refractivity contribution in [2.75, 3.05) is 4.90 Å². The second kappa shape index (κ2) is 9.84. The quantitative estimate of drug-likeness (QED) is 0.234. The van der Waals surface area contributed by atoms with Crippen molar-refractivity contribution >= 4 is 68.1 Å². The van der Waals surface area contributed by atoms with E-state index >= 15 is 0 Å². The van der Waals surface area contributed by atoms with Gasteiger partial charge in [-0.25, -0.2) is 14.1 Å². The molecule has 0 bridgehead atoms. The van der Waals surface area contributed by atoms with Gasteiger partial charge in [-0.15, -0.1) is 0 Å². The largest absolute Gasteiger partial charge is 0.488 e. The van der Waals surface area contributed by atoms with E-state index in [0.717, 1.165) is 26.2 Å². The highest BCUT2D eigenvalue weighted by Gasteiger charge is 2.37. The number of carbonyl (C=O) groups is 3. The van der Waals surface area contributed by atoms with Crippen molar-refractivity contribution < 1.29 is 23.5 Å². The molecule has 4 amide bonds. The van der Waals surface area contributed by atoms with Crippen molar-refractivity contribution in [1.29, 1.82) is 0 Å². The second-order valence-electron chi connectivity index (χ2n) is 7.03. The number of nitrogens with zero attached hydrogens (tertiary/aromatic N) is 1. The van der Waals surface area contributed by atoms with Crippen LogP contribution in [0.5, 0.6) is 5.75 Å². The third-order valence-corrected chi connectivity index (χ3v) is 5.98. The number of ether oxygens (including phenoxy) is 1. The Kier molecular flexibility index (Phi) is 6.89. The number of nitrogens with one attached hydrogen (secondary N) is 1. The number of halogens is 3. The van der Waals surface area contributed by atoms with E-state index in [4.69, 9.17) is 4.74 Å². The molecular formula is C24H15BrFIN2O4. The summed E-state index contributed by atoms with van der Waals surface area (Å²) in [5.74, 6) is -1.71. The van der Waals surface area contributed by atoms with E-state index in [9.17, 15) is 18.8 Å². The lowest BCUT2D eigenvalue weighted by Gasteiger charge is -2.26. The summed E-state index contributed by atoms with van der Waals surface area (Å²) in [6.45, 7) is 0.287. The van der Waals surface area contributed by atoms with Crippen molar-refractivity contribution in [3.63, 3.8) is 0 Å². The molecule has 0 spiro atoms. The average Bonchev–Trinajstić information content (AvgIpc) is 2.78. The van der Waals surface area contributed by atoms with E-state index in [1.165, 1.54) is 18.2 Å². The van der Waals surface area contributed by atoms with Gasteiger partial charge >= 0.3 is 6.03 Å². The zero-order valence-corrected chi connectivity index (χ0v) is 20.6. The van der Waals surface area contributed by atoms with E-state index in [2.05, 4.69) is 43.8 Å². The maximum atomic E-state index is 13.3. The Bertz CT molecular complexity index is 1280. The molecule has 1 aliphatic heterocycles. The molecule has 1 saturated heterocycles. The summed E-state index contributed by atoms with van der Waals surface area (Å²) in [5.41, 5.74) is 1.32. The lowest BCUT2D eigenvalue weighted by atomic mass is 10.1. The predicted molar refractivity (Wildman–Crippen MR) is 133 cm³/mol. The number of amides is 4. The van der Waals surface area contributed by atoms with Crippen LogP contribution in [0.4, 0.5) is 14.9 Å². The predicted octanol–water partition coefficient (Wildman–Crippen LogP) is 5.44. The smallest absolute Gasteiger partial charge is 0.335 e. The first-order valence-corrected chi connectivity index (χ1v) is 11.5. The van der Waals surface area contributed by atoms with Gasteiger partial charge in [0, 0.05) is 13.6 Å². The maximum absolute atomic E-state index is 13.3. The van der Waals surface area contributed by atoms with Crippen LogP contribution in [0.25, 0.3) is 6.08 Å². The number of urea groups is 1. The minimum atomic E-state index is -0.904. The molecule has 9 heteroatoms. The fraction of sp³-hybridized carbons (Fsp3) is 0.0417. The Hall–Kier alpha value is -3.05. The summed E-state index contributed by atoms with van der Waals surface area (Å²) in [4.78, 5) is 38.7. The highest BCUT2D eigenvalue weighted by atomic mass is 127. The zero-order chi connectivity index (χ0) is 23.5. The van der Waals surface area contributed by atoms with Crippen molar-refractivity contribution in [1.82, 2.24) is 5.32 Å². The Balaban J connectivity index is 1.66. The van der Waals surface area contributed by atoms with Gasteiger partial charge in [0.1, 0.15) is 23.7 Å². The third kappa shape index (κ3) is 5.31. The zero-order valence-electron chi connectivity index (χ0n) is 16.8. The first-order chi connectivity index (χ1) is 15.8. The lowest BCUT2D eigenvalue weighted by Crippen LogP contribution is -2.54. The Morgan fingerprint density at radius 2 is 1.70 bits per heavy atom. The summed E-state index contributed by atoms with van der Waals surface area (Å²) in [6, 6.07) is 17.0. The van der Waals surface area contributed by atoms with Crippen LogP contribution < -0.4 is 15.0 Å². The van der Waals surface area contributed by atoms with Gasteiger partial charge in [-0.1, -0.05) is 28.1 Å². The number of rotatable bonds is 5. The number of carbonyl (C=O) groups excluding carboxylic acids is 3. The fourth-order valence-electron chi connectivity index (χ4n) is 3.14. The number of hydrogen-bond donors (Lipinski definition) is 1. The summed E-state index contributed by atoms with van der Waals surface area (Å²) < 4.78 is 21.0. The SMILES string of the molecule is O=C1NC(=O)N(c2ccc(F)cc2)C(=O)/C1=C/c1cc(Br)ccc1OCc1ccc(I)cc1. The van der Waals surface area contributed by atoms with Gasteiger partial charge in [-0.3, -0.25) is 14.9 Å². The van der Waals surface area contributed by atoms with Crippen molar-refractivity contribution in [3.05, 3.63) is 97.3 Å². The molecule has 0 saturated carbocycles. The molecule has 0 atom stereocenters. The Morgan fingerprint density at radius 1 is 1.00 bits per heavy atom. The van der Waals surface area contributed by atoms with E-state index in [1.807, 2.05) is 24.3 Å². The van der Waals surface area contributed by atoms with Crippen LogP contribution in [0, 0.1) is 9.39 Å². The molecule has 6 nitrogen and oxygen atoms in total. The molecule has 1 heterocycles. The van der Waals surface area contributed by atoms with E-state index < -0.39 is 23.7 Å². The van der Waals surface area contributed by atoms with E-state index in [1.54, 1.807) is 18.2 Å². The number of hydrogen-bond acceptors (Lipinski definition) is 4.